The van der Waals surface area contributed by atoms with Crippen LogP contribution in [0.15, 0.2) is 77.2 Å². The van der Waals surface area contributed by atoms with Crippen LogP contribution in [0.3, 0.4) is 0 Å². The van der Waals surface area contributed by atoms with E-state index in [1.807, 2.05) is 63.7 Å². The fourth-order valence-corrected chi connectivity index (χ4v) is 16.1. The topological polar surface area (TPSA) is 181 Å². The number of halogens is 1. The van der Waals surface area contributed by atoms with Crippen molar-refractivity contribution in [3.05, 3.63) is 122 Å². The standard InChI is InChI=1S/C64H79ClN10O6S/c1-39-56(82-38-66-39)44-18-16-42(17-19-44)50(36-72-30-24-45(25-31-72)61(80)81-5)67-58(77)54-33-47(76)35-73(54)60(79)57(63(2,3)4)74-37-51(69-70-74)43-14-12-40(13-15-43)34-71-28-22-41(23-29-71)46-20-21-48-53(32-46)75-52-11-9-10-49(65)55(52)59(78)68-62(75)64(48)26-7-6-8-27-64/h9-11,16-21,32,37-38,40-41,43,45,47,50,54,57,76H,6-8,12-15,22-31,33-36H2,1-5H3,(H,67,77)/t40?,43?,47-,50+,54+,57-/m1/s1. The largest absolute Gasteiger partial charge is 0.469 e. The maximum atomic E-state index is 15.0. The first-order valence-corrected chi connectivity index (χ1v) is 31.4. The first-order valence-electron chi connectivity index (χ1n) is 30.2. The molecule has 434 valence electrons. The second kappa shape index (κ2) is 23.3. The van der Waals surface area contributed by atoms with Crippen LogP contribution in [-0.4, -0.2) is 132 Å². The molecule has 16 nitrogen and oxygen atoms in total. The lowest BCUT2D eigenvalue weighted by Gasteiger charge is -2.37. The SMILES string of the molecule is COC(=O)C1CCN(C[C@H](NC(=O)[C@@H]2C[C@@H](O)CN2C(=O)[C@@H](n2cc(C3CCC(CN4CCC(c5ccc6c(c5)-n5c(nc(=O)c7c(Cl)cccc75)C65CCCCC5)CC4)CC3)nn2)C(C)(C)C)c2ccc(-c3scnc3C)cc2)CC1. The number of thiazole rings is 1. The third kappa shape index (κ3) is 11.0. The molecule has 0 unspecified atom stereocenters. The number of β-amino-alcohol motifs (C(OH)–C–C–N with tert-alkyl or cyclic N) is 1. The molecular weight excluding hydrogens is 1070 g/mol. The Kier molecular flexibility index (Phi) is 16.1. The number of benzene rings is 3. The summed E-state index contributed by atoms with van der Waals surface area (Å²) < 4.78 is 9.03. The third-order valence-electron chi connectivity index (χ3n) is 19.5. The Balaban J connectivity index is 0.677. The zero-order chi connectivity index (χ0) is 57.0. The van der Waals surface area contributed by atoms with Gasteiger partial charge in [0.15, 0.2) is 0 Å². The van der Waals surface area contributed by atoms with Crippen LogP contribution in [0.25, 0.3) is 27.0 Å². The minimum Gasteiger partial charge on any atom is -0.469 e. The van der Waals surface area contributed by atoms with Crippen LogP contribution in [0.1, 0.15) is 168 Å². The second-order valence-corrected chi connectivity index (χ2v) is 27.0. The number of piperidine rings is 2. The number of aryl methyl sites for hydroxylation is 1. The Bertz CT molecular complexity index is 3380. The molecular formula is C64H79ClN10O6S. The Morgan fingerprint density at radius 1 is 0.902 bits per heavy atom. The molecule has 82 heavy (non-hydrogen) atoms. The Hall–Kier alpha value is -5.85. The molecule has 2 N–H and O–H groups in total. The van der Waals surface area contributed by atoms with E-state index in [4.69, 9.17) is 26.4 Å². The van der Waals surface area contributed by atoms with Crippen LogP contribution in [0.2, 0.25) is 5.02 Å². The van der Waals surface area contributed by atoms with Gasteiger partial charge >= 0.3 is 5.97 Å². The number of aromatic nitrogens is 6. The molecule has 3 aromatic heterocycles. The van der Waals surface area contributed by atoms with Gasteiger partial charge in [0.25, 0.3) is 5.56 Å². The predicted octanol–water partition coefficient (Wildman–Crippen LogP) is 10.1. The van der Waals surface area contributed by atoms with Crippen molar-refractivity contribution in [2.45, 2.75) is 159 Å². The summed E-state index contributed by atoms with van der Waals surface area (Å²) in [6, 6.07) is 19.1. The number of aliphatic hydroxyl groups excluding tert-OH is 1. The van der Waals surface area contributed by atoms with Gasteiger partial charge in [-0.2, -0.15) is 4.98 Å². The number of esters is 1. The summed E-state index contributed by atoms with van der Waals surface area (Å²) in [5, 5.41) is 24.8. The number of carbonyl (C=O) groups is 3. The lowest BCUT2D eigenvalue weighted by molar-refractivity contribution is -0.147. The number of aliphatic hydroxyl groups is 1. The van der Waals surface area contributed by atoms with E-state index < -0.39 is 29.6 Å². The maximum Gasteiger partial charge on any atom is 0.308 e. The van der Waals surface area contributed by atoms with E-state index in [0.29, 0.717) is 54.7 Å². The van der Waals surface area contributed by atoms with Crippen molar-refractivity contribution in [2.75, 3.05) is 52.9 Å². The summed E-state index contributed by atoms with van der Waals surface area (Å²) in [4.78, 5) is 72.4. The van der Waals surface area contributed by atoms with Gasteiger partial charge in [0, 0.05) is 38.2 Å². The van der Waals surface area contributed by atoms with Gasteiger partial charge in [-0.25, -0.2) is 9.67 Å². The number of rotatable bonds is 13. The normalized spacial score (nSPS) is 23.4. The van der Waals surface area contributed by atoms with Crippen molar-refractivity contribution < 1.29 is 24.2 Å². The molecule has 18 heteroatoms. The lowest BCUT2D eigenvalue weighted by Crippen LogP contribution is -2.52. The number of hydrogen-bond donors (Lipinski definition) is 2. The van der Waals surface area contributed by atoms with E-state index in [1.54, 1.807) is 27.0 Å². The molecule has 3 saturated heterocycles. The Morgan fingerprint density at radius 2 is 1.63 bits per heavy atom. The molecule has 4 aliphatic heterocycles. The highest BCUT2D eigenvalue weighted by Gasteiger charge is 2.48. The number of amides is 2. The molecule has 2 aliphatic carbocycles. The predicted molar refractivity (Wildman–Crippen MR) is 318 cm³/mol. The fourth-order valence-electron chi connectivity index (χ4n) is 15.1. The molecule has 2 saturated carbocycles. The molecule has 0 bridgehead atoms. The van der Waals surface area contributed by atoms with Crippen molar-refractivity contribution in [1.29, 1.82) is 0 Å². The monoisotopic (exact) mass is 1150 g/mol. The first-order chi connectivity index (χ1) is 39.6. The van der Waals surface area contributed by atoms with E-state index in [9.17, 15) is 19.5 Å². The molecule has 6 aromatic rings. The van der Waals surface area contributed by atoms with Gasteiger partial charge in [-0.1, -0.05) is 99.3 Å². The van der Waals surface area contributed by atoms with Gasteiger partial charge < -0.3 is 29.9 Å². The quantitative estimate of drug-likeness (QED) is 0.105. The van der Waals surface area contributed by atoms with Crippen molar-refractivity contribution in [1.82, 2.24) is 49.5 Å². The van der Waals surface area contributed by atoms with Crippen molar-refractivity contribution in [2.24, 2.45) is 17.3 Å². The number of hydrogen-bond acceptors (Lipinski definition) is 13. The van der Waals surface area contributed by atoms with Crippen LogP contribution in [-0.2, 0) is 24.5 Å². The number of likely N-dealkylation sites (tertiary alicyclic amines) is 3. The second-order valence-electron chi connectivity index (χ2n) is 25.8. The van der Waals surface area contributed by atoms with Gasteiger partial charge in [-0.05, 0) is 155 Å². The summed E-state index contributed by atoms with van der Waals surface area (Å²) in [5.74, 6) is 1.27. The molecule has 4 atom stereocenters. The summed E-state index contributed by atoms with van der Waals surface area (Å²) >= 11 is 8.26. The van der Waals surface area contributed by atoms with Gasteiger partial charge in [0.05, 0.1) is 74.0 Å². The summed E-state index contributed by atoms with van der Waals surface area (Å²) in [6.45, 7) is 13.2. The molecule has 3 aromatic carbocycles. The van der Waals surface area contributed by atoms with Crippen LogP contribution < -0.4 is 10.9 Å². The van der Waals surface area contributed by atoms with Crippen molar-refractivity contribution in [3.63, 3.8) is 0 Å². The fraction of sp³-hybridized carbons (Fsp3) is 0.562. The highest BCUT2D eigenvalue weighted by Crippen LogP contribution is 2.52. The lowest BCUT2D eigenvalue weighted by atomic mass is 9.69. The number of methoxy groups -OCH3 is 1. The molecule has 7 heterocycles. The number of fused-ring (bicyclic) bond motifs is 7. The average Bonchev–Trinajstić information content (AvgIpc) is 4.21. The number of ether oxygens (including phenoxy) is 1. The van der Waals surface area contributed by atoms with Crippen LogP contribution in [0, 0.1) is 24.2 Å². The van der Waals surface area contributed by atoms with E-state index in [1.165, 1.54) is 30.3 Å². The minimum atomic E-state index is -0.886. The van der Waals surface area contributed by atoms with E-state index in [0.717, 1.165) is 123 Å². The smallest absolute Gasteiger partial charge is 0.308 e. The molecule has 6 aliphatic rings. The highest BCUT2D eigenvalue weighted by atomic mass is 35.5. The van der Waals surface area contributed by atoms with Gasteiger partial charge in [-0.3, -0.25) is 23.7 Å². The van der Waals surface area contributed by atoms with E-state index in [2.05, 4.69) is 60.2 Å². The average molecular weight is 1150 g/mol. The highest BCUT2D eigenvalue weighted by molar-refractivity contribution is 7.13. The van der Waals surface area contributed by atoms with Gasteiger partial charge in [0.1, 0.15) is 17.9 Å². The van der Waals surface area contributed by atoms with Gasteiger partial charge in [-0.15, -0.1) is 16.4 Å². The summed E-state index contributed by atoms with van der Waals surface area (Å²) in [5.41, 5.74) is 9.32. The summed E-state index contributed by atoms with van der Waals surface area (Å²) in [6.07, 6.45) is 14.5. The Labute approximate surface area is 490 Å². The zero-order valence-electron chi connectivity index (χ0n) is 48.2. The van der Waals surface area contributed by atoms with Crippen LogP contribution >= 0.6 is 22.9 Å². The Morgan fingerprint density at radius 3 is 2.33 bits per heavy atom. The third-order valence-corrected chi connectivity index (χ3v) is 20.8. The van der Waals surface area contributed by atoms with E-state index >= 15 is 4.79 Å². The van der Waals surface area contributed by atoms with Crippen molar-refractivity contribution in [3.8, 4) is 16.1 Å². The number of nitrogens with zero attached hydrogens (tertiary/aromatic N) is 9. The molecule has 2 amide bonds. The number of carbonyl (C=O) groups excluding carboxylic acids is 3. The summed E-state index contributed by atoms with van der Waals surface area (Å²) in [7, 11) is 1.43. The van der Waals surface area contributed by atoms with Crippen LogP contribution in [0.5, 0.6) is 0 Å². The zero-order valence-corrected chi connectivity index (χ0v) is 49.8. The number of nitrogens with one attached hydrogen (secondary N) is 1. The minimum absolute atomic E-state index is 0.0424. The first kappa shape index (κ1) is 56.6. The molecule has 1 spiro atoms. The molecule has 12 rings (SSSR count). The van der Waals surface area contributed by atoms with Gasteiger partial charge in [0.2, 0.25) is 11.8 Å². The molecule has 5 fully saturated rings. The maximum absolute atomic E-state index is 15.0. The van der Waals surface area contributed by atoms with E-state index in [-0.39, 0.29) is 53.6 Å². The van der Waals surface area contributed by atoms with Crippen LogP contribution in [0.4, 0.5) is 0 Å². The molecule has 0 radical (unpaired) electrons. The van der Waals surface area contributed by atoms with Crippen molar-refractivity contribution >= 4 is 51.6 Å².